The van der Waals surface area contributed by atoms with Crippen molar-refractivity contribution in [1.29, 1.82) is 0 Å². The third-order valence-electron chi connectivity index (χ3n) is 5.06. The summed E-state index contributed by atoms with van der Waals surface area (Å²) in [6, 6.07) is 8.45. The molecule has 0 bridgehead atoms. The summed E-state index contributed by atoms with van der Waals surface area (Å²) in [5.41, 5.74) is 6.35. The van der Waals surface area contributed by atoms with Crippen molar-refractivity contribution in [3.8, 4) is 0 Å². The van der Waals surface area contributed by atoms with Gasteiger partial charge in [0.2, 0.25) is 5.91 Å². The Morgan fingerprint density at radius 2 is 1.87 bits per heavy atom. The lowest BCUT2D eigenvalue weighted by Crippen LogP contribution is -2.48. The summed E-state index contributed by atoms with van der Waals surface area (Å²) >= 11 is 0. The van der Waals surface area contributed by atoms with Crippen molar-refractivity contribution >= 4 is 18.0 Å². The molecule has 31 heavy (non-hydrogen) atoms. The molecule has 1 aromatic rings. The van der Waals surface area contributed by atoms with Crippen LogP contribution in [-0.2, 0) is 25.7 Å². The van der Waals surface area contributed by atoms with Crippen LogP contribution in [0, 0.1) is 5.92 Å². The van der Waals surface area contributed by atoms with Gasteiger partial charge in [-0.3, -0.25) is 9.59 Å². The number of carbonyl (C=O) groups excluding carboxylic acids is 3. The van der Waals surface area contributed by atoms with E-state index in [0.717, 1.165) is 18.4 Å². The van der Waals surface area contributed by atoms with Crippen molar-refractivity contribution in [1.82, 2.24) is 10.6 Å². The fourth-order valence-electron chi connectivity index (χ4n) is 3.50. The zero-order valence-corrected chi connectivity index (χ0v) is 18.7. The molecule has 4 N–H and O–H groups in total. The molecule has 1 aromatic carbocycles. The van der Waals surface area contributed by atoms with Crippen LogP contribution in [0.5, 0.6) is 0 Å². The summed E-state index contributed by atoms with van der Waals surface area (Å²) in [5, 5.41) is 5.56. The van der Waals surface area contributed by atoms with E-state index in [2.05, 4.69) is 10.6 Å². The van der Waals surface area contributed by atoms with Gasteiger partial charge in [-0.15, -0.1) is 0 Å². The fraction of sp³-hybridized carbons (Fsp3) is 0.609. The SMILES string of the molecule is CC(C)(C)OC(=O)[C@@H]1CCC[C@@H]1NC(=O)[C@@H](N)CCCNC(=O)OCc1ccccc1. The highest BCUT2D eigenvalue weighted by atomic mass is 16.6. The maximum Gasteiger partial charge on any atom is 0.407 e. The van der Waals surface area contributed by atoms with Gasteiger partial charge in [-0.05, 0) is 52.0 Å². The second-order valence-electron chi connectivity index (χ2n) is 8.92. The van der Waals surface area contributed by atoms with Gasteiger partial charge in [0, 0.05) is 12.6 Å². The van der Waals surface area contributed by atoms with Gasteiger partial charge in [-0.1, -0.05) is 36.8 Å². The molecular weight excluding hydrogens is 398 g/mol. The number of amides is 2. The number of benzene rings is 1. The fourth-order valence-corrected chi connectivity index (χ4v) is 3.50. The third-order valence-corrected chi connectivity index (χ3v) is 5.06. The van der Waals surface area contributed by atoms with Crippen LogP contribution in [0.25, 0.3) is 0 Å². The summed E-state index contributed by atoms with van der Waals surface area (Å²) in [5.74, 6) is -0.898. The van der Waals surface area contributed by atoms with Crippen LogP contribution in [0.3, 0.4) is 0 Å². The van der Waals surface area contributed by atoms with Gasteiger partial charge in [0.15, 0.2) is 0 Å². The van der Waals surface area contributed by atoms with Crippen LogP contribution < -0.4 is 16.4 Å². The predicted octanol–water partition coefficient (Wildman–Crippen LogP) is 2.65. The number of hydrogen-bond acceptors (Lipinski definition) is 6. The first-order valence-electron chi connectivity index (χ1n) is 10.9. The lowest BCUT2D eigenvalue weighted by Gasteiger charge is -2.26. The molecule has 172 valence electrons. The Kier molecular flexibility index (Phi) is 9.30. The summed E-state index contributed by atoms with van der Waals surface area (Å²) in [6.07, 6.45) is 2.73. The highest BCUT2D eigenvalue weighted by Gasteiger charge is 2.37. The van der Waals surface area contributed by atoms with Crippen molar-refractivity contribution < 1.29 is 23.9 Å². The normalized spacial score (nSPS) is 19.4. The topological polar surface area (TPSA) is 120 Å². The van der Waals surface area contributed by atoms with Gasteiger partial charge in [-0.25, -0.2) is 4.79 Å². The Hall–Kier alpha value is -2.61. The molecule has 1 fully saturated rings. The average Bonchev–Trinajstić information content (AvgIpc) is 3.17. The van der Waals surface area contributed by atoms with Crippen LogP contribution >= 0.6 is 0 Å². The van der Waals surface area contributed by atoms with E-state index in [0.29, 0.717) is 25.8 Å². The standard InChI is InChI=1S/C23H35N3O5/c1-23(2,3)31-21(28)17-11-7-13-19(17)26-20(27)18(24)12-8-14-25-22(29)30-15-16-9-5-4-6-10-16/h4-6,9-10,17-19H,7-8,11-15,24H2,1-3H3,(H,25,29)(H,26,27)/t17-,18+,19+/m1/s1. The molecular formula is C23H35N3O5. The van der Waals surface area contributed by atoms with Crippen molar-refractivity contribution in [2.75, 3.05) is 6.54 Å². The second kappa shape index (κ2) is 11.7. The van der Waals surface area contributed by atoms with Crippen molar-refractivity contribution in [3.63, 3.8) is 0 Å². The predicted molar refractivity (Wildman–Crippen MR) is 117 cm³/mol. The van der Waals surface area contributed by atoms with E-state index in [4.69, 9.17) is 15.2 Å². The van der Waals surface area contributed by atoms with E-state index in [1.54, 1.807) is 0 Å². The Bertz CT molecular complexity index is 732. The van der Waals surface area contributed by atoms with Crippen LogP contribution in [-0.4, -0.2) is 42.2 Å². The second-order valence-corrected chi connectivity index (χ2v) is 8.92. The zero-order valence-electron chi connectivity index (χ0n) is 18.7. The summed E-state index contributed by atoms with van der Waals surface area (Å²) in [4.78, 5) is 36.6. The number of nitrogens with one attached hydrogen (secondary N) is 2. The molecule has 3 atom stereocenters. The first-order valence-corrected chi connectivity index (χ1v) is 10.9. The highest BCUT2D eigenvalue weighted by molar-refractivity contribution is 5.83. The minimum Gasteiger partial charge on any atom is -0.460 e. The summed E-state index contributed by atoms with van der Waals surface area (Å²) in [7, 11) is 0. The lowest BCUT2D eigenvalue weighted by molar-refractivity contribution is -0.160. The van der Waals surface area contributed by atoms with Gasteiger partial charge in [0.05, 0.1) is 12.0 Å². The molecule has 0 spiro atoms. The molecule has 0 heterocycles. The molecule has 1 aliphatic rings. The maximum atomic E-state index is 12.4. The Morgan fingerprint density at radius 1 is 1.16 bits per heavy atom. The molecule has 8 heteroatoms. The molecule has 0 aromatic heterocycles. The largest absolute Gasteiger partial charge is 0.460 e. The van der Waals surface area contributed by atoms with Crippen LogP contribution in [0.2, 0.25) is 0 Å². The first kappa shape index (κ1) is 24.7. The number of nitrogens with two attached hydrogens (primary N) is 1. The van der Waals surface area contributed by atoms with Gasteiger partial charge in [0.25, 0.3) is 0 Å². The molecule has 2 amide bonds. The van der Waals surface area contributed by atoms with Gasteiger partial charge >= 0.3 is 12.1 Å². The molecule has 1 aliphatic carbocycles. The Balaban J connectivity index is 1.65. The summed E-state index contributed by atoms with van der Waals surface area (Å²) < 4.78 is 10.6. The highest BCUT2D eigenvalue weighted by Crippen LogP contribution is 2.28. The smallest absolute Gasteiger partial charge is 0.407 e. The van der Waals surface area contributed by atoms with Crippen molar-refractivity contribution in [3.05, 3.63) is 35.9 Å². The van der Waals surface area contributed by atoms with Gasteiger partial charge in [-0.2, -0.15) is 0 Å². The van der Waals surface area contributed by atoms with Gasteiger partial charge in [0.1, 0.15) is 12.2 Å². The number of esters is 1. The summed E-state index contributed by atoms with van der Waals surface area (Å²) in [6.45, 7) is 6.05. The van der Waals surface area contributed by atoms with E-state index < -0.39 is 17.7 Å². The van der Waals surface area contributed by atoms with E-state index in [-0.39, 0.29) is 30.4 Å². The molecule has 0 aliphatic heterocycles. The lowest BCUT2D eigenvalue weighted by atomic mass is 10.0. The number of ether oxygens (including phenoxy) is 2. The minimum atomic E-state index is -0.706. The van der Waals surface area contributed by atoms with E-state index in [1.807, 2.05) is 51.1 Å². The molecule has 1 saturated carbocycles. The number of carbonyl (C=O) groups is 3. The van der Waals surface area contributed by atoms with E-state index in [1.165, 1.54) is 0 Å². The van der Waals surface area contributed by atoms with Crippen LogP contribution in [0.4, 0.5) is 4.79 Å². The average molecular weight is 434 g/mol. The molecule has 0 saturated heterocycles. The molecule has 0 radical (unpaired) electrons. The Morgan fingerprint density at radius 3 is 2.55 bits per heavy atom. The minimum absolute atomic E-state index is 0.203. The molecule has 0 unspecified atom stereocenters. The number of alkyl carbamates (subject to hydrolysis) is 1. The van der Waals surface area contributed by atoms with Gasteiger partial charge < -0.3 is 25.8 Å². The Labute approximate surface area is 184 Å². The van der Waals surface area contributed by atoms with Crippen molar-refractivity contribution in [2.24, 2.45) is 11.7 Å². The quantitative estimate of drug-likeness (QED) is 0.407. The van der Waals surface area contributed by atoms with Crippen LogP contribution in [0.1, 0.15) is 58.4 Å². The first-order chi connectivity index (χ1) is 14.7. The number of hydrogen-bond donors (Lipinski definition) is 3. The van der Waals surface area contributed by atoms with Crippen molar-refractivity contribution in [2.45, 2.75) is 77.2 Å². The molecule has 8 nitrogen and oxygen atoms in total. The number of rotatable bonds is 9. The maximum absolute atomic E-state index is 12.4. The molecule has 2 rings (SSSR count). The van der Waals surface area contributed by atoms with E-state index >= 15 is 0 Å². The van der Waals surface area contributed by atoms with E-state index in [9.17, 15) is 14.4 Å². The van der Waals surface area contributed by atoms with Crippen LogP contribution in [0.15, 0.2) is 30.3 Å². The third kappa shape index (κ3) is 8.96. The zero-order chi connectivity index (χ0) is 22.9. The monoisotopic (exact) mass is 433 g/mol.